The van der Waals surface area contributed by atoms with E-state index in [1.165, 1.54) is 263 Å². The van der Waals surface area contributed by atoms with Crippen molar-refractivity contribution >= 4 is 5.97 Å². The molecule has 0 heterocycles. The monoisotopic (exact) mass is 952 g/mol. The molecule has 0 radical (unpaired) electrons. The van der Waals surface area contributed by atoms with E-state index in [1.807, 2.05) is 0 Å². The third-order valence-corrected chi connectivity index (χ3v) is 13.8. The molecule has 0 aromatic heterocycles. The normalized spacial score (nSPS) is 12.1. The minimum atomic E-state index is 0.0860. The van der Waals surface area contributed by atoms with E-state index in [0.717, 1.165) is 64.3 Å². The first-order valence-corrected chi connectivity index (χ1v) is 31.1. The number of hydrogen-bond acceptors (Lipinski definition) is 5. The van der Waals surface area contributed by atoms with E-state index in [-0.39, 0.29) is 11.9 Å². The summed E-state index contributed by atoms with van der Waals surface area (Å²) in [5.41, 5.74) is 0. The summed E-state index contributed by atoms with van der Waals surface area (Å²) in [5, 5.41) is 12.2. The summed E-state index contributed by atoms with van der Waals surface area (Å²) in [7, 11) is 0. The lowest BCUT2D eigenvalue weighted by atomic mass is 9.94. The average Bonchev–Trinajstić information content (AvgIpc) is 3.34. The molecular formula is C62H129NO4. The van der Waals surface area contributed by atoms with E-state index in [2.05, 4.69) is 53.8 Å². The van der Waals surface area contributed by atoms with Crippen LogP contribution in [0, 0.1) is 11.8 Å². The maximum Gasteiger partial charge on any atom is 0.308 e. The van der Waals surface area contributed by atoms with Gasteiger partial charge in [-0.15, -0.1) is 0 Å². The number of unbranched alkanes of at least 4 members (excludes halogenated alkanes) is 34. The molecule has 0 bridgehead atoms. The van der Waals surface area contributed by atoms with Gasteiger partial charge >= 0.3 is 5.97 Å². The van der Waals surface area contributed by atoms with Crippen molar-refractivity contribution in [3.63, 3.8) is 0 Å². The van der Waals surface area contributed by atoms with E-state index >= 15 is 0 Å². The Kier molecular flexibility index (Phi) is 71.1. The Bertz CT molecular complexity index is 836. The van der Waals surface area contributed by atoms with Gasteiger partial charge in [0.1, 0.15) is 0 Å². The maximum atomic E-state index is 12.7. The maximum absolute atomic E-state index is 12.7. The van der Waals surface area contributed by atoms with Crippen LogP contribution in [-0.4, -0.2) is 50.6 Å². The minimum absolute atomic E-state index is 0.0860. The Morgan fingerprint density at radius 2 is 0.687 bits per heavy atom. The summed E-state index contributed by atoms with van der Waals surface area (Å²) >= 11 is 0. The van der Waals surface area contributed by atoms with Gasteiger partial charge in [-0.3, -0.25) is 4.79 Å². The molecule has 5 heteroatoms. The number of esters is 1. The van der Waals surface area contributed by atoms with E-state index < -0.39 is 0 Å². The number of aliphatic hydroxyl groups is 1. The Labute approximate surface area is 424 Å². The molecule has 67 heavy (non-hydrogen) atoms. The molecule has 406 valence electrons. The lowest BCUT2D eigenvalue weighted by Crippen LogP contribution is -2.18. The highest BCUT2D eigenvalue weighted by molar-refractivity contribution is 5.72. The molecule has 0 aliphatic heterocycles. The van der Waals surface area contributed by atoms with Crippen molar-refractivity contribution in [1.29, 1.82) is 0 Å². The largest absolute Gasteiger partial charge is 0.465 e. The zero-order valence-electron chi connectivity index (χ0n) is 47.6. The second-order valence-corrected chi connectivity index (χ2v) is 20.8. The van der Waals surface area contributed by atoms with Gasteiger partial charge < -0.3 is 19.9 Å². The van der Waals surface area contributed by atoms with Crippen LogP contribution in [0.25, 0.3) is 0 Å². The minimum Gasteiger partial charge on any atom is -0.465 e. The van der Waals surface area contributed by atoms with E-state index in [4.69, 9.17) is 14.6 Å². The van der Waals surface area contributed by atoms with Crippen LogP contribution in [0.5, 0.6) is 0 Å². The molecule has 2 atom stereocenters. The molecule has 0 aliphatic rings. The van der Waals surface area contributed by atoms with Crippen LogP contribution in [0.1, 0.15) is 344 Å². The summed E-state index contributed by atoms with van der Waals surface area (Å²) in [6.45, 7) is 20.9. The smallest absolute Gasteiger partial charge is 0.308 e. The zero-order valence-corrected chi connectivity index (χ0v) is 47.6. The predicted octanol–water partition coefficient (Wildman–Crippen LogP) is 20.4. The van der Waals surface area contributed by atoms with Crippen molar-refractivity contribution in [3.8, 4) is 0 Å². The van der Waals surface area contributed by atoms with Gasteiger partial charge in [-0.2, -0.15) is 0 Å². The molecule has 5 nitrogen and oxygen atoms in total. The second-order valence-electron chi connectivity index (χ2n) is 20.8. The Balaban J connectivity index is -0.00000118. The summed E-state index contributed by atoms with van der Waals surface area (Å²) in [4.78, 5) is 12.7. The first-order chi connectivity index (χ1) is 33.0. The Morgan fingerprint density at radius 1 is 0.358 bits per heavy atom. The number of nitrogens with one attached hydrogen (secondary N) is 1. The van der Waals surface area contributed by atoms with Crippen molar-refractivity contribution in [2.24, 2.45) is 11.8 Å². The summed E-state index contributed by atoms with van der Waals surface area (Å²) in [6, 6.07) is 0. The van der Waals surface area contributed by atoms with E-state index in [1.54, 1.807) is 0 Å². The van der Waals surface area contributed by atoms with Crippen LogP contribution in [0.3, 0.4) is 0 Å². The fourth-order valence-corrected chi connectivity index (χ4v) is 9.05. The highest BCUT2D eigenvalue weighted by Gasteiger charge is 2.19. The van der Waals surface area contributed by atoms with Gasteiger partial charge in [-0.05, 0) is 76.8 Å². The standard InChI is InChI=1S/C33H67NO3.C24H50O.C5H12/c1-3-5-7-9-14-17-21-27-32(26-20-8-6-4-2)33(36)37-31-25-19-16-13-11-10-12-15-18-22-28-34-29-23-24-30-35;1-4-7-10-12-13-14-15-16-17-19-22-25-23-24(20-9-6-3)21-18-11-8-5-2;1-3-5-4-2/h32,34-35H,3-31H2,1-2H3;24H,4-23H2,1-3H3;3-5H2,1-2H3. The topological polar surface area (TPSA) is 67.8 Å². The number of rotatable bonds is 54. The lowest BCUT2D eigenvalue weighted by molar-refractivity contribution is -0.149. The molecule has 0 aliphatic carbocycles. The third-order valence-electron chi connectivity index (χ3n) is 13.8. The lowest BCUT2D eigenvalue weighted by Gasteiger charge is -2.17. The molecule has 0 aromatic carbocycles. The van der Waals surface area contributed by atoms with Gasteiger partial charge in [-0.25, -0.2) is 0 Å². The number of carbonyl (C=O) groups is 1. The first kappa shape index (κ1) is 70.6. The first-order valence-electron chi connectivity index (χ1n) is 31.1. The average molecular weight is 953 g/mol. The summed E-state index contributed by atoms with van der Waals surface area (Å²) < 4.78 is 11.8. The van der Waals surface area contributed by atoms with Crippen molar-refractivity contribution in [2.75, 3.05) is 39.5 Å². The van der Waals surface area contributed by atoms with Crippen LogP contribution in [-0.2, 0) is 14.3 Å². The quantitative estimate of drug-likeness (QED) is 0.0470. The van der Waals surface area contributed by atoms with Crippen LogP contribution >= 0.6 is 0 Å². The predicted molar refractivity (Wildman–Crippen MR) is 301 cm³/mol. The van der Waals surface area contributed by atoms with Gasteiger partial charge in [0.25, 0.3) is 0 Å². The molecule has 0 spiro atoms. The molecule has 0 saturated heterocycles. The van der Waals surface area contributed by atoms with Crippen LogP contribution in [0.15, 0.2) is 0 Å². The van der Waals surface area contributed by atoms with Crippen molar-refractivity contribution in [2.45, 2.75) is 344 Å². The molecule has 0 aromatic rings. The molecule has 0 saturated carbocycles. The zero-order chi connectivity index (χ0) is 49.6. The van der Waals surface area contributed by atoms with Gasteiger partial charge in [0, 0.05) is 19.8 Å². The number of aliphatic hydroxyl groups excluding tert-OH is 1. The second kappa shape index (κ2) is 67.4. The van der Waals surface area contributed by atoms with Crippen LogP contribution < -0.4 is 5.32 Å². The molecular weight excluding hydrogens is 823 g/mol. The summed E-state index contributed by atoms with van der Waals surface area (Å²) in [5.74, 6) is 1.04. The van der Waals surface area contributed by atoms with E-state index in [9.17, 15) is 4.79 Å². The van der Waals surface area contributed by atoms with Crippen molar-refractivity contribution < 1.29 is 19.4 Å². The Morgan fingerprint density at radius 3 is 1.10 bits per heavy atom. The third kappa shape index (κ3) is 65.3. The molecule has 0 amide bonds. The Hall–Kier alpha value is -0.650. The number of carbonyl (C=O) groups excluding carboxylic acids is 1. The molecule has 0 fully saturated rings. The number of ether oxygens (including phenoxy) is 2. The van der Waals surface area contributed by atoms with Gasteiger partial charge in [0.2, 0.25) is 0 Å². The SMILES string of the molecule is CCCCC.CCCCCCCCCC(CCCCCC)C(=O)OCCCCCCCCCCCCNCCCCO.CCCCCCCCCCCCOCC(CCCC)CCCCCC. The van der Waals surface area contributed by atoms with Crippen LogP contribution in [0.4, 0.5) is 0 Å². The molecule has 0 rings (SSSR count). The molecule has 2 N–H and O–H groups in total. The van der Waals surface area contributed by atoms with E-state index in [0.29, 0.717) is 13.2 Å². The highest BCUT2D eigenvalue weighted by Crippen LogP contribution is 2.22. The fraction of sp³-hybridized carbons (Fsp3) is 0.984. The highest BCUT2D eigenvalue weighted by atomic mass is 16.5. The summed E-state index contributed by atoms with van der Waals surface area (Å²) in [6.07, 6.45) is 60.1. The number of hydrogen-bond donors (Lipinski definition) is 2. The van der Waals surface area contributed by atoms with Gasteiger partial charge in [0.15, 0.2) is 0 Å². The van der Waals surface area contributed by atoms with Crippen molar-refractivity contribution in [1.82, 2.24) is 5.32 Å². The fourth-order valence-electron chi connectivity index (χ4n) is 9.05. The van der Waals surface area contributed by atoms with Gasteiger partial charge in [0.05, 0.1) is 12.5 Å². The van der Waals surface area contributed by atoms with Crippen LogP contribution in [0.2, 0.25) is 0 Å². The van der Waals surface area contributed by atoms with Crippen molar-refractivity contribution in [3.05, 3.63) is 0 Å². The molecule has 2 unspecified atom stereocenters. The van der Waals surface area contributed by atoms with Gasteiger partial charge in [-0.1, -0.05) is 286 Å².